The molecule has 0 unspecified atom stereocenters. The first-order valence-electron chi connectivity index (χ1n) is 4.16. The van der Waals surface area contributed by atoms with Gasteiger partial charge in [0, 0.05) is 10.0 Å². The molecule has 0 amide bonds. The van der Waals surface area contributed by atoms with E-state index in [0.717, 1.165) is 14.9 Å². The van der Waals surface area contributed by atoms with Gasteiger partial charge >= 0.3 is 0 Å². The number of hydrogen-bond acceptors (Lipinski definition) is 1. The largest absolute Gasteiger partial charge is 0.135 e. The molecule has 0 fully saturated rings. The summed E-state index contributed by atoms with van der Waals surface area (Å²) in [6, 6.07) is 12.0. The van der Waals surface area contributed by atoms with Gasteiger partial charge in [0.15, 0.2) is 0 Å². The highest BCUT2D eigenvalue weighted by Crippen LogP contribution is 2.11. The normalized spacial score (nSPS) is 9.21. The van der Waals surface area contributed by atoms with Crippen LogP contribution in [-0.2, 0) is 0 Å². The second-order valence-electron chi connectivity index (χ2n) is 2.74. The molecular weight excluding hydrogens is 256 g/mol. The molecule has 1 heterocycles. The van der Waals surface area contributed by atoms with Gasteiger partial charge < -0.3 is 0 Å². The molecule has 0 nitrogen and oxygen atoms in total. The highest BCUT2D eigenvalue weighted by molar-refractivity contribution is 9.10. The lowest BCUT2D eigenvalue weighted by Crippen LogP contribution is -1.72. The van der Waals surface area contributed by atoms with Gasteiger partial charge in [-0.05, 0) is 29.6 Å². The lowest BCUT2D eigenvalue weighted by atomic mass is 10.2. The Kier molecular flexibility index (Phi) is 3.03. The maximum atomic E-state index is 3.42. The van der Waals surface area contributed by atoms with Crippen molar-refractivity contribution in [2.24, 2.45) is 0 Å². The molecule has 68 valence electrons. The van der Waals surface area contributed by atoms with Gasteiger partial charge in [-0.2, -0.15) is 0 Å². The SMILES string of the molecule is Brc1cccc(C#Cc2cccs2)c1. The molecule has 0 aliphatic carbocycles. The van der Waals surface area contributed by atoms with Crippen LogP contribution in [0.1, 0.15) is 10.4 Å². The van der Waals surface area contributed by atoms with Gasteiger partial charge in [0.25, 0.3) is 0 Å². The van der Waals surface area contributed by atoms with Crippen LogP contribution in [0.25, 0.3) is 0 Å². The summed E-state index contributed by atoms with van der Waals surface area (Å²) in [5.41, 5.74) is 1.03. The van der Waals surface area contributed by atoms with E-state index in [1.165, 1.54) is 0 Å². The third-order valence-corrected chi connectivity index (χ3v) is 2.95. The molecule has 0 bridgehead atoms. The van der Waals surface area contributed by atoms with E-state index >= 15 is 0 Å². The van der Waals surface area contributed by atoms with Crippen LogP contribution < -0.4 is 0 Å². The van der Waals surface area contributed by atoms with Crippen molar-refractivity contribution in [1.29, 1.82) is 0 Å². The standard InChI is InChI=1S/C12H7BrS/c13-11-4-1-3-10(9-11)6-7-12-5-2-8-14-12/h1-5,8-9H. The van der Waals surface area contributed by atoms with Crippen LogP contribution >= 0.6 is 27.3 Å². The van der Waals surface area contributed by atoms with E-state index in [1.54, 1.807) is 11.3 Å². The predicted octanol–water partition coefficient (Wildman–Crippen LogP) is 3.91. The van der Waals surface area contributed by atoms with E-state index in [9.17, 15) is 0 Å². The number of hydrogen-bond donors (Lipinski definition) is 0. The monoisotopic (exact) mass is 262 g/mol. The summed E-state index contributed by atoms with van der Waals surface area (Å²) < 4.78 is 1.07. The number of rotatable bonds is 0. The first kappa shape index (κ1) is 9.51. The molecule has 0 atom stereocenters. The number of benzene rings is 1. The molecule has 0 spiro atoms. The smallest absolute Gasteiger partial charge is 0.0772 e. The first-order valence-corrected chi connectivity index (χ1v) is 5.83. The molecule has 14 heavy (non-hydrogen) atoms. The van der Waals surface area contributed by atoms with E-state index in [1.807, 2.05) is 41.8 Å². The summed E-state index contributed by atoms with van der Waals surface area (Å²) in [5.74, 6) is 6.23. The van der Waals surface area contributed by atoms with Crippen LogP contribution in [0.3, 0.4) is 0 Å². The van der Waals surface area contributed by atoms with Gasteiger partial charge in [-0.25, -0.2) is 0 Å². The quantitative estimate of drug-likeness (QED) is 0.632. The predicted molar refractivity (Wildman–Crippen MR) is 64.4 cm³/mol. The fourth-order valence-corrected chi connectivity index (χ4v) is 2.02. The van der Waals surface area contributed by atoms with Crippen molar-refractivity contribution in [3.63, 3.8) is 0 Å². The molecule has 1 aromatic heterocycles. The van der Waals surface area contributed by atoms with Crippen LogP contribution in [0.2, 0.25) is 0 Å². The van der Waals surface area contributed by atoms with Gasteiger partial charge in [0.2, 0.25) is 0 Å². The molecule has 0 saturated heterocycles. The van der Waals surface area contributed by atoms with E-state index in [2.05, 4.69) is 27.8 Å². The fourth-order valence-electron chi connectivity index (χ4n) is 1.05. The van der Waals surface area contributed by atoms with Gasteiger partial charge in [-0.15, -0.1) is 11.3 Å². The molecular formula is C12H7BrS. The average Bonchev–Trinajstić information content (AvgIpc) is 2.67. The molecule has 0 N–H and O–H groups in total. The Morgan fingerprint density at radius 1 is 1.07 bits per heavy atom. The minimum atomic E-state index is 1.03. The molecule has 0 saturated carbocycles. The van der Waals surface area contributed by atoms with Gasteiger partial charge in [-0.1, -0.05) is 39.9 Å². The topological polar surface area (TPSA) is 0 Å². The van der Waals surface area contributed by atoms with Crippen molar-refractivity contribution < 1.29 is 0 Å². The maximum absolute atomic E-state index is 3.42. The third kappa shape index (κ3) is 2.47. The van der Waals surface area contributed by atoms with E-state index < -0.39 is 0 Å². The van der Waals surface area contributed by atoms with Crippen LogP contribution in [0.5, 0.6) is 0 Å². The zero-order valence-corrected chi connectivity index (χ0v) is 9.73. The molecule has 0 aliphatic heterocycles. The van der Waals surface area contributed by atoms with E-state index in [4.69, 9.17) is 0 Å². The Balaban J connectivity index is 2.26. The van der Waals surface area contributed by atoms with Crippen molar-refractivity contribution in [1.82, 2.24) is 0 Å². The van der Waals surface area contributed by atoms with E-state index in [0.29, 0.717) is 0 Å². The summed E-state index contributed by atoms with van der Waals surface area (Å²) in [4.78, 5) is 1.10. The van der Waals surface area contributed by atoms with Crippen molar-refractivity contribution >= 4 is 27.3 Å². The van der Waals surface area contributed by atoms with Crippen LogP contribution in [0, 0.1) is 11.8 Å². The second-order valence-corrected chi connectivity index (χ2v) is 4.60. The van der Waals surface area contributed by atoms with Gasteiger partial charge in [0.1, 0.15) is 0 Å². The van der Waals surface area contributed by atoms with Crippen molar-refractivity contribution in [3.8, 4) is 11.8 Å². The number of halogens is 1. The highest BCUT2D eigenvalue weighted by atomic mass is 79.9. The molecule has 2 aromatic rings. The Labute approximate surface area is 95.7 Å². The van der Waals surface area contributed by atoms with E-state index in [-0.39, 0.29) is 0 Å². The van der Waals surface area contributed by atoms with Crippen molar-refractivity contribution in [3.05, 3.63) is 56.7 Å². The molecule has 2 heteroatoms. The summed E-state index contributed by atoms with van der Waals surface area (Å²) in [6.07, 6.45) is 0. The lowest BCUT2D eigenvalue weighted by molar-refractivity contribution is 1.60. The van der Waals surface area contributed by atoms with Crippen molar-refractivity contribution in [2.45, 2.75) is 0 Å². The van der Waals surface area contributed by atoms with Crippen LogP contribution in [0.15, 0.2) is 46.3 Å². The summed E-state index contributed by atoms with van der Waals surface area (Å²) in [6.45, 7) is 0. The minimum absolute atomic E-state index is 1.03. The summed E-state index contributed by atoms with van der Waals surface area (Å²) >= 11 is 5.08. The molecule has 2 rings (SSSR count). The second kappa shape index (κ2) is 4.45. The zero-order valence-electron chi connectivity index (χ0n) is 7.33. The molecule has 0 radical (unpaired) electrons. The maximum Gasteiger partial charge on any atom is 0.0772 e. The average molecular weight is 263 g/mol. The third-order valence-electron chi connectivity index (χ3n) is 1.68. The Morgan fingerprint density at radius 3 is 2.71 bits per heavy atom. The molecule has 0 aliphatic rings. The zero-order chi connectivity index (χ0) is 9.80. The number of thiophene rings is 1. The lowest BCUT2D eigenvalue weighted by Gasteiger charge is -1.90. The minimum Gasteiger partial charge on any atom is -0.135 e. The Morgan fingerprint density at radius 2 is 2.00 bits per heavy atom. The summed E-state index contributed by atoms with van der Waals surface area (Å²) in [5, 5.41) is 2.03. The van der Waals surface area contributed by atoms with Crippen molar-refractivity contribution in [2.75, 3.05) is 0 Å². The van der Waals surface area contributed by atoms with Gasteiger partial charge in [0.05, 0.1) is 4.88 Å². The van der Waals surface area contributed by atoms with Crippen LogP contribution in [0.4, 0.5) is 0 Å². The summed E-state index contributed by atoms with van der Waals surface area (Å²) in [7, 11) is 0. The Hall–Kier alpha value is -1.04. The fraction of sp³-hybridized carbons (Fsp3) is 0. The van der Waals surface area contributed by atoms with Gasteiger partial charge in [-0.3, -0.25) is 0 Å². The van der Waals surface area contributed by atoms with Crippen LogP contribution in [-0.4, -0.2) is 0 Å². The molecule has 1 aromatic carbocycles. The first-order chi connectivity index (χ1) is 6.84. The Bertz CT molecular complexity index is 475. The highest BCUT2D eigenvalue weighted by Gasteiger charge is 1.88.